The number of carbonyl (C=O) groups is 1. The molecule has 0 aromatic carbocycles. The Morgan fingerprint density at radius 1 is 1.31 bits per heavy atom. The first kappa shape index (κ1) is 18.9. The van der Waals surface area contributed by atoms with E-state index in [-0.39, 0.29) is 5.91 Å². The number of aromatic amines is 1. The fourth-order valence-corrected chi connectivity index (χ4v) is 3.56. The van der Waals surface area contributed by atoms with E-state index in [9.17, 15) is 4.79 Å². The van der Waals surface area contributed by atoms with Crippen molar-refractivity contribution in [1.29, 1.82) is 0 Å². The average Bonchev–Trinajstić information content (AvgIpc) is 3.31. The number of aromatic nitrogens is 5. The number of carbonyl (C=O) groups excluding carboxylic acids is 1. The number of pyridine rings is 2. The normalized spacial score (nSPS) is 11.3. The van der Waals surface area contributed by atoms with Gasteiger partial charge in [0.25, 0.3) is 0 Å². The van der Waals surface area contributed by atoms with Gasteiger partial charge in [-0.3, -0.25) is 4.79 Å². The molecule has 0 spiro atoms. The number of hydrogen-bond donors (Lipinski definition) is 2. The second kappa shape index (κ2) is 7.54. The van der Waals surface area contributed by atoms with E-state index in [0.717, 1.165) is 51.4 Å². The number of amides is 1. The van der Waals surface area contributed by atoms with Crippen molar-refractivity contribution in [3.63, 3.8) is 0 Å². The highest BCUT2D eigenvalue weighted by Gasteiger charge is 2.16. The molecular formula is C21H25N7O. The molecule has 4 aromatic rings. The molecular weight excluding hydrogens is 366 g/mol. The zero-order valence-electron chi connectivity index (χ0n) is 17.2. The topological polar surface area (TPSA) is 91.7 Å². The van der Waals surface area contributed by atoms with Crippen LogP contribution < -0.4 is 5.32 Å². The number of nitrogens with one attached hydrogen (secondary N) is 2. The number of fused-ring (bicyclic) bond motifs is 3. The molecule has 4 heterocycles. The summed E-state index contributed by atoms with van der Waals surface area (Å²) in [5, 5.41) is 4.11. The lowest BCUT2D eigenvalue weighted by Gasteiger charge is -2.16. The van der Waals surface area contributed by atoms with Crippen LogP contribution in [0.5, 0.6) is 0 Å². The summed E-state index contributed by atoms with van der Waals surface area (Å²) in [6.45, 7) is 2.49. The summed E-state index contributed by atoms with van der Waals surface area (Å²) in [6, 6.07) is 7.93. The zero-order valence-corrected chi connectivity index (χ0v) is 17.2. The van der Waals surface area contributed by atoms with Crippen molar-refractivity contribution in [2.45, 2.75) is 26.3 Å². The van der Waals surface area contributed by atoms with Crippen LogP contribution in [0.25, 0.3) is 33.5 Å². The number of nitrogens with zero attached hydrogens (tertiary/aromatic N) is 5. The first-order valence-corrected chi connectivity index (χ1v) is 9.73. The van der Waals surface area contributed by atoms with Crippen molar-refractivity contribution in [2.75, 3.05) is 19.4 Å². The Kier molecular flexibility index (Phi) is 4.92. The summed E-state index contributed by atoms with van der Waals surface area (Å²) in [7, 11) is 5.63. The Hall–Kier alpha value is -3.42. The van der Waals surface area contributed by atoms with Crippen molar-refractivity contribution < 1.29 is 4.79 Å². The van der Waals surface area contributed by atoms with Crippen molar-refractivity contribution >= 4 is 33.8 Å². The molecule has 1 amide bonds. The molecule has 4 aromatic heterocycles. The molecule has 4 rings (SSSR count). The zero-order chi connectivity index (χ0) is 20.5. The SMILES string of the molecule is CCCC(=O)N(C)Cc1cccc(-c2cc3c(nc(NC)c4ncn(C)c43)[nH]2)n1. The molecule has 150 valence electrons. The third-order valence-electron chi connectivity index (χ3n) is 5.05. The highest BCUT2D eigenvalue weighted by molar-refractivity contribution is 6.07. The second-order valence-electron chi connectivity index (χ2n) is 7.22. The van der Waals surface area contributed by atoms with Gasteiger partial charge in [-0.2, -0.15) is 0 Å². The third-order valence-corrected chi connectivity index (χ3v) is 5.05. The summed E-state index contributed by atoms with van der Waals surface area (Å²) < 4.78 is 2.00. The van der Waals surface area contributed by atoms with Gasteiger partial charge in [0.1, 0.15) is 11.2 Å². The van der Waals surface area contributed by atoms with Gasteiger partial charge < -0.3 is 19.8 Å². The summed E-state index contributed by atoms with van der Waals surface area (Å²) in [5.41, 5.74) is 5.19. The van der Waals surface area contributed by atoms with Crippen LogP contribution in [-0.2, 0) is 18.4 Å². The van der Waals surface area contributed by atoms with E-state index in [2.05, 4.69) is 26.3 Å². The van der Waals surface area contributed by atoms with Gasteiger partial charge in [-0.1, -0.05) is 13.0 Å². The lowest BCUT2D eigenvalue weighted by atomic mass is 10.2. The molecule has 8 heteroatoms. The molecule has 0 bridgehead atoms. The minimum absolute atomic E-state index is 0.132. The maximum atomic E-state index is 12.1. The van der Waals surface area contributed by atoms with Crippen molar-refractivity contribution in [2.24, 2.45) is 7.05 Å². The van der Waals surface area contributed by atoms with Gasteiger partial charge in [-0.15, -0.1) is 0 Å². The van der Waals surface area contributed by atoms with Gasteiger partial charge in [-0.25, -0.2) is 15.0 Å². The van der Waals surface area contributed by atoms with Gasteiger partial charge in [-0.05, 0) is 24.6 Å². The van der Waals surface area contributed by atoms with E-state index in [1.807, 2.05) is 50.8 Å². The van der Waals surface area contributed by atoms with Gasteiger partial charge in [0.15, 0.2) is 5.82 Å². The first-order valence-electron chi connectivity index (χ1n) is 9.73. The monoisotopic (exact) mass is 391 g/mol. The van der Waals surface area contributed by atoms with Gasteiger partial charge in [0.2, 0.25) is 5.91 Å². The fraction of sp³-hybridized carbons (Fsp3) is 0.333. The molecule has 0 saturated heterocycles. The highest BCUT2D eigenvalue weighted by Crippen LogP contribution is 2.31. The van der Waals surface area contributed by atoms with E-state index in [4.69, 9.17) is 4.98 Å². The van der Waals surface area contributed by atoms with E-state index in [0.29, 0.717) is 13.0 Å². The Labute approximate surface area is 169 Å². The Bertz CT molecular complexity index is 1190. The van der Waals surface area contributed by atoms with E-state index < -0.39 is 0 Å². The minimum atomic E-state index is 0.132. The molecule has 0 unspecified atom stereocenters. The Morgan fingerprint density at radius 2 is 2.14 bits per heavy atom. The van der Waals surface area contributed by atoms with Crippen LogP contribution in [0.2, 0.25) is 0 Å². The van der Waals surface area contributed by atoms with Gasteiger partial charge >= 0.3 is 0 Å². The second-order valence-corrected chi connectivity index (χ2v) is 7.22. The molecule has 8 nitrogen and oxygen atoms in total. The van der Waals surface area contributed by atoms with E-state index in [1.165, 1.54) is 0 Å². The van der Waals surface area contributed by atoms with Gasteiger partial charge in [0.05, 0.1) is 35.5 Å². The van der Waals surface area contributed by atoms with Crippen LogP contribution in [0.4, 0.5) is 5.82 Å². The number of anilines is 1. The quantitative estimate of drug-likeness (QED) is 0.526. The Morgan fingerprint density at radius 3 is 2.90 bits per heavy atom. The number of aryl methyl sites for hydroxylation is 1. The number of imidazole rings is 1. The van der Waals surface area contributed by atoms with Crippen LogP contribution in [0, 0.1) is 0 Å². The van der Waals surface area contributed by atoms with E-state index >= 15 is 0 Å². The van der Waals surface area contributed by atoms with Crippen molar-refractivity contribution in [1.82, 2.24) is 29.4 Å². The molecule has 0 fully saturated rings. The number of hydrogen-bond acceptors (Lipinski definition) is 5. The maximum absolute atomic E-state index is 12.1. The van der Waals surface area contributed by atoms with Crippen LogP contribution in [-0.4, -0.2) is 49.4 Å². The largest absolute Gasteiger partial charge is 0.371 e. The highest BCUT2D eigenvalue weighted by atomic mass is 16.2. The molecule has 0 saturated carbocycles. The molecule has 0 aliphatic carbocycles. The lowest BCUT2D eigenvalue weighted by molar-refractivity contribution is -0.130. The Balaban J connectivity index is 1.73. The van der Waals surface area contributed by atoms with Crippen LogP contribution >= 0.6 is 0 Å². The number of rotatable bonds is 6. The molecule has 0 aliphatic rings. The van der Waals surface area contributed by atoms with Crippen molar-refractivity contribution in [3.05, 3.63) is 36.3 Å². The smallest absolute Gasteiger partial charge is 0.222 e. The molecule has 0 aliphatic heterocycles. The van der Waals surface area contributed by atoms with Crippen LogP contribution in [0.3, 0.4) is 0 Å². The summed E-state index contributed by atoms with van der Waals surface area (Å²) in [4.78, 5) is 31.1. The maximum Gasteiger partial charge on any atom is 0.222 e. The summed E-state index contributed by atoms with van der Waals surface area (Å²) >= 11 is 0. The standard InChI is InChI=1S/C21H25N7O/c1-5-7-17(29)27(3)11-13-8-6-9-15(24-13)16-10-14-19-18(23-12-28(19)4)21(22-2)26-20(14)25-16/h6,8-10,12H,5,7,11H2,1-4H3,(H2,22,25,26). The third kappa shape index (κ3) is 3.41. The molecule has 0 atom stereocenters. The van der Waals surface area contributed by atoms with Gasteiger partial charge in [0, 0.05) is 33.0 Å². The lowest BCUT2D eigenvalue weighted by Crippen LogP contribution is -2.26. The predicted octanol–water partition coefficient (Wildman–Crippen LogP) is 3.31. The molecule has 29 heavy (non-hydrogen) atoms. The average molecular weight is 391 g/mol. The molecule has 0 radical (unpaired) electrons. The van der Waals surface area contributed by atoms with E-state index in [1.54, 1.807) is 11.2 Å². The first-order chi connectivity index (χ1) is 14.0. The number of H-pyrrole nitrogens is 1. The predicted molar refractivity (Wildman–Crippen MR) is 115 cm³/mol. The summed E-state index contributed by atoms with van der Waals surface area (Å²) in [5.74, 6) is 0.868. The van der Waals surface area contributed by atoms with Crippen molar-refractivity contribution in [3.8, 4) is 11.4 Å². The molecule has 2 N–H and O–H groups in total. The van der Waals surface area contributed by atoms with Crippen LogP contribution in [0.1, 0.15) is 25.5 Å². The fourth-order valence-electron chi connectivity index (χ4n) is 3.56. The minimum Gasteiger partial charge on any atom is -0.371 e. The van der Waals surface area contributed by atoms with Crippen LogP contribution in [0.15, 0.2) is 30.6 Å². The summed E-state index contributed by atoms with van der Waals surface area (Å²) in [6.07, 6.45) is 3.19.